The van der Waals surface area contributed by atoms with Crippen LogP contribution in [-0.2, 0) is 9.84 Å². The van der Waals surface area contributed by atoms with E-state index >= 15 is 0 Å². The van der Waals surface area contributed by atoms with E-state index in [1.165, 1.54) is 32.1 Å². The van der Waals surface area contributed by atoms with Gasteiger partial charge in [0.05, 0.1) is 5.75 Å². The van der Waals surface area contributed by atoms with Gasteiger partial charge in [-0.1, -0.05) is 27.2 Å². The van der Waals surface area contributed by atoms with E-state index < -0.39 is 9.84 Å². The number of sulfone groups is 1. The summed E-state index contributed by atoms with van der Waals surface area (Å²) in [6, 6.07) is 0.613. The molecule has 0 aromatic heterocycles. The molecular formula is C16H33NO2S. The fraction of sp³-hybridized carbons (Fsp3) is 1.00. The molecule has 1 aliphatic carbocycles. The number of nitrogens with one attached hydrogen (secondary N) is 1. The second-order valence-electron chi connectivity index (χ2n) is 6.29. The maximum Gasteiger partial charge on any atom is 0.150 e. The lowest BCUT2D eigenvalue weighted by atomic mass is 9.75. The fourth-order valence-electron chi connectivity index (χ4n) is 3.36. The van der Waals surface area contributed by atoms with Gasteiger partial charge in [0.25, 0.3) is 0 Å². The summed E-state index contributed by atoms with van der Waals surface area (Å²) in [7, 11) is -2.79. The molecule has 1 fully saturated rings. The molecule has 0 radical (unpaired) electrons. The van der Waals surface area contributed by atoms with Crippen molar-refractivity contribution in [3.63, 3.8) is 0 Å². The zero-order valence-electron chi connectivity index (χ0n) is 13.5. The van der Waals surface area contributed by atoms with Crippen molar-refractivity contribution in [3.8, 4) is 0 Å². The average Bonchev–Trinajstić information content (AvgIpc) is 2.45. The van der Waals surface area contributed by atoms with E-state index in [4.69, 9.17) is 0 Å². The van der Waals surface area contributed by atoms with Crippen LogP contribution in [0.2, 0.25) is 0 Å². The van der Waals surface area contributed by atoms with E-state index in [-0.39, 0.29) is 5.75 Å². The summed E-state index contributed by atoms with van der Waals surface area (Å²) in [6.45, 7) is 7.32. The van der Waals surface area contributed by atoms with Gasteiger partial charge in [-0.2, -0.15) is 0 Å². The Morgan fingerprint density at radius 2 is 1.90 bits per heavy atom. The predicted molar refractivity (Wildman–Crippen MR) is 86.8 cm³/mol. The third kappa shape index (κ3) is 6.13. The highest BCUT2D eigenvalue weighted by atomic mass is 32.2. The van der Waals surface area contributed by atoms with Crippen LogP contribution >= 0.6 is 0 Å². The molecule has 1 saturated carbocycles. The highest BCUT2D eigenvalue weighted by Crippen LogP contribution is 2.34. The first-order valence-electron chi connectivity index (χ1n) is 8.46. The third-order valence-electron chi connectivity index (χ3n) is 4.79. The SMILES string of the molecule is CCCNC1CCC(CC)CC1CCCS(=O)(=O)CC. The van der Waals surface area contributed by atoms with Crippen LogP contribution in [0.5, 0.6) is 0 Å². The summed E-state index contributed by atoms with van der Waals surface area (Å²) in [6.07, 6.45) is 8.23. The standard InChI is InChI=1S/C16H33NO2S/c1-4-11-17-16-10-9-14(5-2)13-15(16)8-7-12-20(18,19)6-3/h14-17H,4-13H2,1-3H3. The molecule has 120 valence electrons. The first-order chi connectivity index (χ1) is 9.52. The van der Waals surface area contributed by atoms with Gasteiger partial charge in [0.15, 0.2) is 0 Å². The number of hydrogen-bond donors (Lipinski definition) is 1. The molecule has 1 rings (SSSR count). The molecule has 0 amide bonds. The molecule has 20 heavy (non-hydrogen) atoms. The molecule has 3 unspecified atom stereocenters. The quantitative estimate of drug-likeness (QED) is 0.710. The molecule has 0 aliphatic heterocycles. The first-order valence-corrected chi connectivity index (χ1v) is 10.3. The summed E-state index contributed by atoms with van der Waals surface area (Å²) in [5.41, 5.74) is 0. The summed E-state index contributed by atoms with van der Waals surface area (Å²) in [5.74, 6) is 2.18. The van der Waals surface area contributed by atoms with Crippen molar-refractivity contribution in [3.05, 3.63) is 0 Å². The van der Waals surface area contributed by atoms with Gasteiger partial charge in [-0.25, -0.2) is 8.42 Å². The highest BCUT2D eigenvalue weighted by Gasteiger charge is 2.29. The molecule has 0 spiro atoms. The number of hydrogen-bond acceptors (Lipinski definition) is 3. The smallest absolute Gasteiger partial charge is 0.150 e. The van der Waals surface area contributed by atoms with Crippen LogP contribution in [0, 0.1) is 11.8 Å². The van der Waals surface area contributed by atoms with Crippen LogP contribution in [0.15, 0.2) is 0 Å². The molecule has 0 aromatic rings. The molecule has 0 saturated heterocycles. The van der Waals surface area contributed by atoms with E-state index in [2.05, 4.69) is 19.2 Å². The molecule has 0 bridgehead atoms. The molecular weight excluding hydrogens is 270 g/mol. The van der Waals surface area contributed by atoms with Gasteiger partial charge in [0.1, 0.15) is 9.84 Å². The second kappa shape index (κ2) is 9.04. The molecule has 3 atom stereocenters. The topological polar surface area (TPSA) is 46.2 Å². The van der Waals surface area contributed by atoms with Crippen molar-refractivity contribution in [1.29, 1.82) is 0 Å². The maximum absolute atomic E-state index is 11.6. The largest absolute Gasteiger partial charge is 0.314 e. The predicted octanol–water partition coefficient (Wildman–Crippen LogP) is 3.40. The second-order valence-corrected chi connectivity index (χ2v) is 8.76. The fourth-order valence-corrected chi connectivity index (χ4v) is 4.25. The lowest BCUT2D eigenvalue weighted by molar-refractivity contribution is 0.189. The summed E-state index contributed by atoms with van der Waals surface area (Å²) < 4.78 is 23.2. The van der Waals surface area contributed by atoms with Gasteiger partial charge >= 0.3 is 0 Å². The van der Waals surface area contributed by atoms with Crippen LogP contribution in [-0.4, -0.2) is 32.5 Å². The van der Waals surface area contributed by atoms with Crippen molar-refractivity contribution in [2.45, 2.75) is 71.8 Å². The van der Waals surface area contributed by atoms with Crippen LogP contribution in [0.1, 0.15) is 65.7 Å². The Bertz CT molecular complexity index is 353. The van der Waals surface area contributed by atoms with Gasteiger partial charge in [-0.15, -0.1) is 0 Å². The Kier molecular flexibility index (Phi) is 8.11. The van der Waals surface area contributed by atoms with Gasteiger partial charge in [0, 0.05) is 11.8 Å². The first kappa shape index (κ1) is 18.0. The summed E-state index contributed by atoms with van der Waals surface area (Å²) >= 11 is 0. The molecule has 4 heteroatoms. The van der Waals surface area contributed by atoms with E-state index in [1.807, 2.05) is 0 Å². The lowest BCUT2D eigenvalue weighted by Crippen LogP contribution is -2.41. The van der Waals surface area contributed by atoms with E-state index in [0.29, 0.717) is 17.7 Å². The summed E-state index contributed by atoms with van der Waals surface area (Å²) in [5, 5.41) is 3.68. The lowest BCUT2D eigenvalue weighted by Gasteiger charge is -2.36. The Hall–Kier alpha value is -0.0900. The Morgan fingerprint density at radius 3 is 2.50 bits per heavy atom. The zero-order chi connectivity index (χ0) is 15.0. The van der Waals surface area contributed by atoms with Crippen LogP contribution in [0.4, 0.5) is 0 Å². The van der Waals surface area contributed by atoms with Crippen molar-refractivity contribution < 1.29 is 8.42 Å². The third-order valence-corrected chi connectivity index (χ3v) is 6.59. The van der Waals surface area contributed by atoms with Crippen molar-refractivity contribution >= 4 is 9.84 Å². The monoisotopic (exact) mass is 303 g/mol. The van der Waals surface area contributed by atoms with Gasteiger partial charge < -0.3 is 5.32 Å². The highest BCUT2D eigenvalue weighted by molar-refractivity contribution is 7.91. The number of rotatable bonds is 9. The Labute approximate surface area is 125 Å². The molecule has 0 heterocycles. The molecule has 0 aromatic carbocycles. The van der Waals surface area contributed by atoms with Crippen molar-refractivity contribution in [2.24, 2.45) is 11.8 Å². The maximum atomic E-state index is 11.6. The Balaban J connectivity index is 2.46. The zero-order valence-corrected chi connectivity index (χ0v) is 14.3. The van der Waals surface area contributed by atoms with Gasteiger partial charge in [-0.3, -0.25) is 0 Å². The minimum Gasteiger partial charge on any atom is -0.314 e. The van der Waals surface area contributed by atoms with Crippen molar-refractivity contribution in [2.75, 3.05) is 18.1 Å². The molecule has 3 nitrogen and oxygen atoms in total. The van der Waals surface area contributed by atoms with Crippen LogP contribution < -0.4 is 5.32 Å². The van der Waals surface area contributed by atoms with Crippen LogP contribution in [0.25, 0.3) is 0 Å². The Morgan fingerprint density at radius 1 is 1.15 bits per heavy atom. The average molecular weight is 304 g/mol. The van der Waals surface area contributed by atoms with E-state index in [0.717, 1.165) is 25.3 Å². The van der Waals surface area contributed by atoms with Gasteiger partial charge in [0.2, 0.25) is 0 Å². The normalized spacial score (nSPS) is 27.6. The summed E-state index contributed by atoms with van der Waals surface area (Å²) in [4.78, 5) is 0. The van der Waals surface area contributed by atoms with Crippen LogP contribution in [0.3, 0.4) is 0 Å². The molecule has 1 aliphatic rings. The minimum atomic E-state index is -2.79. The van der Waals surface area contributed by atoms with Gasteiger partial charge in [-0.05, 0) is 56.9 Å². The van der Waals surface area contributed by atoms with E-state index in [1.54, 1.807) is 6.92 Å². The molecule has 1 N–H and O–H groups in total. The van der Waals surface area contributed by atoms with Crippen molar-refractivity contribution in [1.82, 2.24) is 5.32 Å². The minimum absolute atomic E-state index is 0.284. The van der Waals surface area contributed by atoms with E-state index in [9.17, 15) is 8.42 Å².